The molecule has 0 saturated heterocycles. The average molecular weight is 347 g/mol. The van der Waals surface area contributed by atoms with Crippen molar-refractivity contribution in [3.05, 3.63) is 54.3 Å². The predicted molar refractivity (Wildman–Crippen MR) is 103 cm³/mol. The van der Waals surface area contributed by atoms with Gasteiger partial charge in [0.15, 0.2) is 11.0 Å². The van der Waals surface area contributed by atoms with Gasteiger partial charge in [0.2, 0.25) is 0 Å². The first-order chi connectivity index (χ1) is 12.2. The highest BCUT2D eigenvalue weighted by Crippen LogP contribution is 2.36. The van der Waals surface area contributed by atoms with Gasteiger partial charge in [-0.1, -0.05) is 17.8 Å². The molecule has 0 bridgehead atoms. The normalized spacial score (nSPS) is 11.8. The summed E-state index contributed by atoms with van der Waals surface area (Å²) < 4.78 is 2.11. The molecule has 25 heavy (non-hydrogen) atoms. The van der Waals surface area contributed by atoms with E-state index >= 15 is 0 Å². The van der Waals surface area contributed by atoms with Crippen molar-refractivity contribution in [1.82, 2.24) is 24.3 Å². The predicted octanol–water partition coefficient (Wildman–Crippen LogP) is 4.40. The van der Waals surface area contributed by atoms with Crippen molar-refractivity contribution in [3.63, 3.8) is 0 Å². The van der Waals surface area contributed by atoms with E-state index in [1.54, 1.807) is 18.0 Å². The molecular formula is C19H17N5S. The highest BCUT2D eigenvalue weighted by Gasteiger charge is 2.19. The lowest BCUT2D eigenvalue weighted by Gasteiger charge is -2.04. The summed E-state index contributed by atoms with van der Waals surface area (Å²) in [4.78, 5) is 18.2. The van der Waals surface area contributed by atoms with Crippen LogP contribution in [0.3, 0.4) is 0 Å². The fraction of sp³-hybridized carbons (Fsp3) is 0.158. The third-order valence-electron chi connectivity index (χ3n) is 4.14. The summed E-state index contributed by atoms with van der Waals surface area (Å²) in [5.74, 6) is 0.702. The summed E-state index contributed by atoms with van der Waals surface area (Å²) >= 11 is 1.61. The molecule has 0 radical (unpaired) electrons. The van der Waals surface area contributed by atoms with Crippen LogP contribution in [0.15, 0.2) is 48.0 Å². The first-order valence-electron chi connectivity index (χ1n) is 7.99. The van der Waals surface area contributed by atoms with E-state index < -0.39 is 0 Å². The molecule has 5 nitrogen and oxygen atoms in total. The maximum absolute atomic E-state index is 4.74. The van der Waals surface area contributed by atoms with E-state index in [9.17, 15) is 0 Å². The Balaban J connectivity index is 2.17. The fourth-order valence-electron chi connectivity index (χ4n) is 3.10. The van der Waals surface area contributed by atoms with E-state index in [-0.39, 0.29) is 0 Å². The molecule has 4 heterocycles. The minimum atomic E-state index is 0.702. The molecule has 0 saturated carbocycles. The average Bonchev–Trinajstić information content (AvgIpc) is 2.98. The Kier molecular flexibility index (Phi) is 3.97. The Morgan fingerprint density at radius 1 is 1.04 bits per heavy atom. The molecule has 0 N–H and O–H groups in total. The molecule has 0 spiro atoms. The second kappa shape index (κ2) is 6.29. The SMILES string of the molecule is C/C=C/c1nccc(-c2c3c(C)ccnc3n3c(SC)nccc23)n1. The summed E-state index contributed by atoms with van der Waals surface area (Å²) in [5, 5.41) is 2.02. The molecule has 4 aromatic heterocycles. The molecule has 0 unspecified atom stereocenters. The molecule has 6 heteroatoms. The Morgan fingerprint density at radius 2 is 1.84 bits per heavy atom. The minimum Gasteiger partial charge on any atom is -0.272 e. The van der Waals surface area contributed by atoms with Crippen LogP contribution < -0.4 is 0 Å². The monoisotopic (exact) mass is 347 g/mol. The number of allylic oxidation sites excluding steroid dienone is 1. The molecule has 0 aliphatic carbocycles. The largest absolute Gasteiger partial charge is 0.272 e. The highest BCUT2D eigenvalue weighted by atomic mass is 32.2. The first kappa shape index (κ1) is 15.8. The quantitative estimate of drug-likeness (QED) is 0.406. The molecule has 124 valence electrons. The minimum absolute atomic E-state index is 0.702. The summed E-state index contributed by atoms with van der Waals surface area (Å²) in [6.07, 6.45) is 11.4. The molecule has 4 aromatic rings. The van der Waals surface area contributed by atoms with Crippen LogP contribution in [0, 0.1) is 6.92 Å². The Hall–Kier alpha value is -2.73. The number of rotatable bonds is 3. The number of aromatic nitrogens is 5. The van der Waals surface area contributed by atoms with Gasteiger partial charge in [-0.05, 0) is 49.9 Å². The molecule has 0 aliphatic heterocycles. The van der Waals surface area contributed by atoms with Crippen LogP contribution in [0.5, 0.6) is 0 Å². The summed E-state index contributed by atoms with van der Waals surface area (Å²) in [6, 6.07) is 6.01. The zero-order chi connectivity index (χ0) is 17.4. The molecule has 0 aliphatic rings. The van der Waals surface area contributed by atoms with Crippen molar-refractivity contribution in [2.75, 3.05) is 6.26 Å². The van der Waals surface area contributed by atoms with Crippen molar-refractivity contribution < 1.29 is 0 Å². The summed E-state index contributed by atoms with van der Waals surface area (Å²) in [5.41, 5.74) is 5.10. The third kappa shape index (κ3) is 2.49. The smallest absolute Gasteiger partial charge is 0.173 e. The Bertz CT molecular complexity index is 1110. The Labute approximate surface area is 149 Å². The number of aryl methyl sites for hydroxylation is 1. The number of hydrogen-bond acceptors (Lipinski definition) is 5. The maximum atomic E-state index is 4.74. The lowest BCUT2D eigenvalue weighted by molar-refractivity contribution is 0.923. The molecule has 0 aromatic carbocycles. The number of nitrogens with zero attached hydrogens (tertiary/aromatic N) is 5. The van der Waals surface area contributed by atoms with Crippen LogP contribution >= 0.6 is 11.8 Å². The zero-order valence-corrected chi connectivity index (χ0v) is 15.1. The van der Waals surface area contributed by atoms with Gasteiger partial charge in [-0.25, -0.2) is 19.9 Å². The molecular weight excluding hydrogens is 330 g/mol. The van der Waals surface area contributed by atoms with Crippen LogP contribution in [0.25, 0.3) is 33.9 Å². The van der Waals surface area contributed by atoms with Crippen LogP contribution in [-0.2, 0) is 0 Å². The number of fused-ring (bicyclic) bond motifs is 3. The van der Waals surface area contributed by atoms with Gasteiger partial charge in [0.25, 0.3) is 0 Å². The molecule has 0 amide bonds. The standard InChI is InChI=1S/C19H17N5S/c1-4-5-15-20-10-7-13(23-15)17-14-8-11-22-19(25-3)24(14)18-16(17)12(2)6-9-21-18/h4-11H,1-3H3/b5-4+. The fourth-order valence-corrected chi connectivity index (χ4v) is 3.64. The van der Waals surface area contributed by atoms with Gasteiger partial charge in [-0.15, -0.1) is 0 Å². The van der Waals surface area contributed by atoms with E-state index in [2.05, 4.69) is 26.3 Å². The lowest BCUT2D eigenvalue weighted by atomic mass is 10.1. The van der Waals surface area contributed by atoms with Crippen LogP contribution in [-0.4, -0.2) is 30.6 Å². The van der Waals surface area contributed by atoms with Crippen molar-refractivity contribution in [2.45, 2.75) is 19.0 Å². The first-order valence-corrected chi connectivity index (χ1v) is 9.22. The molecule has 0 fully saturated rings. The van der Waals surface area contributed by atoms with Crippen molar-refractivity contribution in [1.29, 1.82) is 0 Å². The molecule has 0 atom stereocenters. The van der Waals surface area contributed by atoms with Gasteiger partial charge >= 0.3 is 0 Å². The van der Waals surface area contributed by atoms with Gasteiger partial charge in [0, 0.05) is 29.5 Å². The number of hydrogen-bond donors (Lipinski definition) is 0. The van der Waals surface area contributed by atoms with Gasteiger partial charge in [0.1, 0.15) is 5.65 Å². The van der Waals surface area contributed by atoms with Gasteiger partial charge < -0.3 is 0 Å². The second-order valence-corrected chi connectivity index (χ2v) is 6.43. The third-order valence-corrected chi connectivity index (χ3v) is 4.79. The summed E-state index contributed by atoms with van der Waals surface area (Å²) in [6.45, 7) is 4.07. The Morgan fingerprint density at radius 3 is 2.64 bits per heavy atom. The topological polar surface area (TPSA) is 56.0 Å². The van der Waals surface area contributed by atoms with Crippen LogP contribution in [0.1, 0.15) is 18.3 Å². The zero-order valence-electron chi connectivity index (χ0n) is 14.3. The van der Waals surface area contributed by atoms with Crippen LogP contribution in [0.2, 0.25) is 0 Å². The highest BCUT2D eigenvalue weighted by molar-refractivity contribution is 7.98. The van der Waals surface area contributed by atoms with Crippen molar-refractivity contribution >= 4 is 34.4 Å². The summed E-state index contributed by atoms with van der Waals surface area (Å²) in [7, 11) is 0. The van der Waals surface area contributed by atoms with E-state index in [1.165, 1.54) is 5.56 Å². The van der Waals surface area contributed by atoms with Crippen molar-refractivity contribution in [3.8, 4) is 11.3 Å². The number of thioether (sulfide) groups is 1. The van der Waals surface area contributed by atoms with Gasteiger partial charge in [-0.2, -0.15) is 0 Å². The maximum Gasteiger partial charge on any atom is 0.173 e. The van der Waals surface area contributed by atoms with Gasteiger partial charge in [-0.3, -0.25) is 4.40 Å². The van der Waals surface area contributed by atoms with E-state index in [0.717, 1.165) is 33.0 Å². The van der Waals surface area contributed by atoms with E-state index in [4.69, 9.17) is 4.98 Å². The molecule has 4 rings (SSSR count). The van der Waals surface area contributed by atoms with Crippen molar-refractivity contribution in [2.24, 2.45) is 0 Å². The van der Waals surface area contributed by atoms with E-state index in [1.807, 2.05) is 55.9 Å². The second-order valence-electron chi connectivity index (χ2n) is 5.65. The van der Waals surface area contributed by atoms with Gasteiger partial charge in [0.05, 0.1) is 11.2 Å². The number of pyridine rings is 1. The van der Waals surface area contributed by atoms with Crippen LogP contribution in [0.4, 0.5) is 0 Å². The van der Waals surface area contributed by atoms with E-state index in [0.29, 0.717) is 5.82 Å². The lowest BCUT2D eigenvalue weighted by Crippen LogP contribution is -1.94.